The van der Waals surface area contributed by atoms with E-state index in [2.05, 4.69) is 33.8 Å². The number of ether oxygens (including phenoxy) is 1. The molecule has 1 aromatic rings. The van der Waals surface area contributed by atoms with E-state index in [1.54, 1.807) is 0 Å². The maximum Gasteiger partial charge on any atom is 0.302 e. The molecule has 0 saturated heterocycles. The molecule has 0 N–H and O–H groups in total. The van der Waals surface area contributed by atoms with Crippen LogP contribution < -0.4 is 5.46 Å². The second kappa shape index (κ2) is 6.48. The van der Waals surface area contributed by atoms with Gasteiger partial charge in [-0.15, -0.1) is 0 Å². The Morgan fingerprint density at radius 3 is 2.76 bits per heavy atom. The van der Waals surface area contributed by atoms with Crippen LogP contribution in [0.4, 0.5) is 0 Å². The first-order valence-corrected chi connectivity index (χ1v) is 6.27. The maximum atomic E-state index is 10.8. The normalized spacial score (nSPS) is 12.2. The molecule has 0 heterocycles. The molecule has 1 rings (SSSR count). The zero-order chi connectivity index (χ0) is 12.8. The van der Waals surface area contributed by atoms with Crippen LogP contribution in [0, 0.1) is 0 Å². The Labute approximate surface area is 105 Å². The third-order valence-corrected chi connectivity index (χ3v) is 3.04. The average Bonchev–Trinajstić information content (AvgIpc) is 2.28. The van der Waals surface area contributed by atoms with Crippen molar-refractivity contribution < 1.29 is 9.53 Å². The molecule has 1 atom stereocenters. The lowest BCUT2D eigenvalue weighted by Gasteiger charge is -2.15. The summed E-state index contributed by atoms with van der Waals surface area (Å²) in [6.07, 6.45) is 2.38. The third kappa shape index (κ3) is 4.25. The minimum absolute atomic E-state index is 0.228. The summed E-state index contributed by atoms with van der Waals surface area (Å²) in [5, 5.41) is 0. The number of rotatable bonds is 5. The minimum atomic E-state index is -0.228. The van der Waals surface area contributed by atoms with Crippen molar-refractivity contribution in [2.75, 3.05) is 0 Å². The quantitative estimate of drug-likeness (QED) is 0.572. The molecule has 0 saturated carbocycles. The summed E-state index contributed by atoms with van der Waals surface area (Å²) in [7, 11) is 2.14. The molecule has 1 aromatic carbocycles. The summed E-state index contributed by atoms with van der Waals surface area (Å²) in [5.41, 5.74) is 3.76. The van der Waals surface area contributed by atoms with Gasteiger partial charge in [-0.3, -0.25) is 4.79 Å². The minimum Gasteiger partial charge on any atom is -0.461 e. The van der Waals surface area contributed by atoms with E-state index in [9.17, 15) is 4.79 Å². The Kier molecular flexibility index (Phi) is 5.27. The van der Waals surface area contributed by atoms with Crippen molar-refractivity contribution in [3.8, 4) is 0 Å². The molecule has 0 aliphatic heterocycles. The monoisotopic (exact) mass is 232 g/mol. The SMILES string of the molecule is Bc1ccc(COC(C)=O)cc1C(C)CCC. The van der Waals surface area contributed by atoms with Gasteiger partial charge >= 0.3 is 5.97 Å². The van der Waals surface area contributed by atoms with Gasteiger partial charge in [-0.1, -0.05) is 49.5 Å². The second-order valence-corrected chi connectivity index (χ2v) is 4.66. The Balaban J connectivity index is 2.82. The molecule has 0 aliphatic rings. The van der Waals surface area contributed by atoms with E-state index in [4.69, 9.17) is 4.74 Å². The molecule has 3 heteroatoms. The summed E-state index contributed by atoms with van der Waals surface area (Å²) < 4.78 is 5.02. The molecule has 0 radical (unpaired) electrons. The maximum absolute atomic E-state index is 10.8. The van der Waals surface area contributed by atoms with E-state index >= 15 is 0 Å². The van der Waals surface area contributed by atoms with Crippen LogP contribution in [0.15, 0.2) is 18.2 Å². The van der Waals surface area contributed by atoms with Gasteiger partial charge in [0.15, 0.2) is 0 Å². The van der Waals surface area contributed by atoms with Crippen LogP contribution in [-0.2, 0) is 16.1 Å². The van der Waals surface area contributed by atoms with E-state index in [0.717, 1.165) is 5.56 Å². The highest BCUT2D eigenvalue weighted by molar-refractivity contribution is 6.33. The van der Waals surface area contributed by atoms with Crippen LogP contribution in [-0.4, -0.2) is 13.8 Å². The highest BCUT2D eigenvalue weighted by Crippen LogP contribution is 2.19. The molecular weight excluding hydrogens is 211 g/mol. The van der Waals surface area contributed by atoms with Gasteiger partial charge in [-0.2, -0.15) is 0 Å². The number of hydrogen-bond donors (Lipinski definition) is 0. The second-order valence-electron chi connectivity index (χ2n) is 4.66. The Morgan fingerprint density at radius 2 is 2.18 bits per heavy atom. The summed E-state index contributed by atoms with van der Waals surface area (Å²) in [4.78, 5) is 10.8. The lowest BCUT2D eigenvalue weighted by atomic mass is 9.82. The van der Waals surface area contributed by atoms with Gasteiger partial charge in [0.25, 0.3) is 0 Å². The van der Waals surface area contributed by atoms with Gasteiger partial charge in [-0.25, -0.2) is 0 Å². The number of esters is 1. The molecule has 0 fully saturated rings. The first kappa shape index (κ1) is 13.8. The summed E-state index contributed by atoms with van der Waals surface area (Å²) in [6.45, 7) is 6.27. The van der Waals surface area contributed by atoms with Crippen LogP contribution in [0.5, 0.6) is 0 Å². The fraction of sp³-hybridized carbons (Fsp3) is 0.500. The third-order valence-electron chi connectivity index (χ3n) is 3.04. The number of benzene rings is 1. The lowest BCUT2D eigenvalue weighted by Crippen LogP contribution is -2.14. The van der Waals surface area contributed by atoms with E-state index in [-0.39, 0.29) is 5.97 Å². The van der Waals surface area contributed by atoms with Gasteiger partial charge in [0.2, 0.25) is 0 Å². The van der Waals surface area contributed by atoms with Gasteiger partial charge in [0.1, 0.15) is 14.5 Å². The van der Waals surface area contributed by atoms with Crippen LogP contribution in [0.3, 0.4) is 0 Å². The zero-order valence-electron chi connectivity index (χ0n) is 11.2. The predicted octanol–water partition coefficient (Wildman–Crippen LogP) is 1.91. The van der Waals surface area contributed by atoms with Crippen molar-refractivity contribution in [3.63, 3.8) is 0 Å². The van der Waals surface area contributed by atoms with E-state index < -0.39 is 0 Å². The average molecular weight is 232 g/mol. The van der Waals surface area contributed by atoms with Crippen molar-refractivity contribution in [1.29, 1.82) is 0 Å². The van der Waals surface area contributed by atoms with Crippen LogP contribution in [0.25, 0.3) is 0 Å². The van der Waals surface area contributed by atoms with Gasteiger partial charge in [-0.05, 0) is 17.9 Å². The van der Waals surface area contributed by atoms with E-state index in [1.165, 1.54) is 30.8 Å². The molecule has 92 valence electrons. The van der Waals surface area contributed by atoms with Crippen molar-refractivity contribution in [1.82, 2.24) is 0 Å². The molecule has 0 amide bonds. The Morgan fingerprint density at radius 1 is 1.47 bits per heavy atom. The number of carbonyl (C=O) groups is 1. The zero-order valence-corrected chi connectivity index (χ0v) is 11.2. The van der Waals surface area contributed by atoms with Crippen molar-refractivity contribution in [2.45, 2.75) is 46.1 Å². The first-order valence-electron chi connectivity index (χ1n) is 6.27. The fourth-order valence-corrected chi connectivity index (χ4v) is 2.08. The van der Waals surface area contributed by atoms with Crippen LogP contribution in [0.2, 0.25) is 0 Å². The highest BCUT2D eigenvalue weighted by Gasteiger charge is 2.08. The van der Waals surface area contributed by atoms with E-state index in [1.807, 2.05) is 6.07 Å². The van der Waals surface area contributed by atoms with Crippen molar-refractivity contribution in [2.24, 2.45) is 0 Å². The molecular formula is C14H21BO2. The number of hydrogen-bond acceptors (Lipinski definition) is 2. The van der Waals surface area contributed by atoms with Gasteiger partial charge in [0, 0.05) is 6.92 Å². The summed E-state index contributed by atoms with van der Waals surface area (Å²) >= 11 is 0. The standard InChI is InChI=1S/C14H21BO2/c1-4-5-10(2)13-8-12(6-7-14(13)15)9-17-11(3)16/h6-8,10H,4-5,9,15H2,1-3H3. The smallest absolute Gasteiger partial charge is 0.302 e. The molecule has 17 heavy (non-hydrogen) atoms. The highest BCUT2D eigenvalue weighted by atomic mass is 16.5. The molecule has 0 bridgehead atoms. The molecule has 0 aliphatic carbocycles. The summed E-state index contributed by atoms with van der Waals surface area (Å²) in [5.74, 6) is 0.339. The van der Waals surface area contributed by atoms with Crippen LogP contribution in [0.1, 0.15) is 50.7 Å². The fourth-order valence-electron chi connectivity index (χ4n) is 2.08. The topological polar surface area (TPSA) is 26.3 Å². The summed E-state index contributed by atoms with van der Waals surface area (Å²) in [6, 6.07) is 6.30. The Hall–Kier alpha value is -1.25. The predicted molar refractivity (Wildman–Crippen MR) is 73.4 cm³/mol. The van der Waals surface area contributed by atoms with Gasteiger partial charge in [0.05, 0.1) is 0 Å². The Bertz CT molecular complexity index is 388. The van der Waals surface area contributed by atoms with Crippen LogP contribution >= 0.6 is 0 Å². The van der Waals surface area contributed by atoms with Gasteiger partial charge < -0.3 is 4.74 Å². The lowest BCUT2D eigenvalue weighted by molar-refractivity contribution is -0.142. The number of carbonyl (C=O) groups excluding carboxylic acids is 1. The first-order chi connectivity index (χ1) is 8.04. The molecule has 0 aromatic heterocycles. The molecule has 0 spiro atoms. The molecule has 1 unspecified atom stereocenters. The van der Waals surface area contributed by atoms with Crippen molar-refractivity contribution >= 4 is 19.3 Å². The van der Waals surface area contributed by atoms with E-state index in [0.29, 0.717) is 12.5 Å². The largest absolute Gasteiger partial charge is 0.461 e. The molecule has 2 nitrogen and oxygen atoms in total. The van der Waals surface area contributed by atoms with Crippen molar-refractivity contribution in [3.05, 3.63) is 29.3 Å².